The van der Waals surface area contributed by atoms with Crippen LogP contribution in [0.2, 0.25) is 0 Å². The van der Waals surface area contributed by atoms with Crippen molar-refractivity contribution in [2.75, 3.05) is 7.11 Å². The number of hydrogen-bond acceptors (Lipinski definition) is 2. The van der Waals surface area contributed by atoms with E-state index in [4.69, 9.17) is 10.5 Å². The lowest BCUT2D eigenvalue weighted by Gasteiger charge is -2.14. The van der Waals surface area contributed by atoms with E-state index in [0.717, 1.165) is 16.9 Å². The highest BCUT2D eigenvalue weighted by Crippen LogP contribution is 2.19. The topological polar surface area (TPSA) is 47.6 Å². The second-order valence-corrected chi connectivity index (χ2v) is 4.85. The molecule has 0 saturated carbocycles. The number of amidine groups is 1. The smallest absolute Gasteiger partial charge is 0.126 e. The first-order chi connectivity index (χ1) is 7.33. The summed E-state index contributed by atoms with van der Waals surface area (Å²) in [5, 5.41) is 0. The predicted octanol–water partition coefficient (Wildman–Crippen LogP) is 2.51. The van der Waals surface area contributed by atoms with E-state index >= 15 is 0 Å². The molecule has 0 aromatic heterocycles. The lowest BCUT2D eigenvalue weighted by Crippen LogP contribution is -2.21. The maximum atomic E-state index is 5.95. The molecule has 3 heteroatoms. The lowest BCUT2D eigenvalue weighted by atomic mass is 10.1. The number of methoxy groups -OCH3 is 1. The monoisotopic (exact) mass is 220 g/mol. The van der Waals surface area contributed by atoms with Crippen molar-refractivity contribution in [1.29, 1.82) is 0 Å². The summed E-state index contributed by atoms with van der Waals surface area (Å²) in [4.78, 5) is 4.43. The van der Waals surface area contributed by atoms with Gasteiger partial charge in [-0.15, -0.1) is 0 Å². The summed E-state index contributed by atoms with van der Waals surface area (Å²) in [6.45, 7) is 8.06. The molecule has 2 N–H and O–H groups in total. The molecule has 0 unspecified atom stereocenters. The van der Waals surface area contributed by atoms with Crippen LogP contribution in [0, 0.1) is 6.92 Å². The normalized spacial score (nSPS) is 12.7. The van der Waals surface area contributed by atoms with Gasteiger partial charge in [-0.05, 0) is 51.5 Å². The average Bonchev–Trinajstić information content (AvgIpc) is 2.15. The molecule has 3 nitrogen and oxygen atoms in total. The molecule has 0 spiro atoms. The summed E-state index contributed by atoms with van der Waals surface area (Å²) >= 11 is 0. The molecule has 0 saturated heterocycles. The number of nitrogens with two attached hydrogens (primary N) is 1. The predicted molar refractivity (Wildman–Crippen MR) is 68.2 cm³/mol. The first-order valence-corrected chi connectivity index (χ1v) is 5.34. The van der Waals surface area contributed by atoms with Gasteiger partial charge in [-0.1, -0.05) is 0 Å². The summed E-state index contributed by atoms with van der Waals surface area (Å²) in [6.07, 6.45) is 0. The molecular formula is C13H20N2O. The minimum absolute atomic E-state index is 0.155. The molecule has 0 aliphatic heterocycles. The Balaban J connectivity index is 3.07. The van der Waals surface area contributed by atoms with Crippen LogP contribution in [0.5, 0.6) is 5.75 Å². The van der Waals surface area contributed by atoms with Gasteiger partial charge in [0.1, 0.15) is 11.6 Å². The van der Waals surface area contributed by atoms with Gasteiger partial charge in [-0.2, -0.15) is 0 Å². The number of aryl methyl sites for hydroxylation is 1. The van der Waals surface area contributed by atoms with E-state index in [9.17, 15) is 0 Å². The number of ether oxygens (including phenoxy) is 1. The SMILES string of the molecule is COc1ccc(C(N)=NC(C)(C)C)cc1C. The minimum atomic E-state index is -0.155. The van der Waals surface area contributed by atoms with E-state index in [1.165, 1.54) is 0 Å². The van der Waals surface area contributed by atoms with Crippen LogP contribution in [0.3, 0.4) is 0 Å². The van der Waals surface area contributed by atoms with Gasteiger partial charge in [0.25, 0.3) is 0 Å². The molecule has 0 radical (unpaired) electrons. The largest absolute Gasteiger partial charge is 0.496 e. The van der Waals surface area contributed by atoms with Crippen molar-refractivity contribution >= 4 is 5.84 Å². The number of nitrogens with zero attached hydrogens (tertiary/aromatic N) is 1. The van der Waals surface area contributed by atoms with Crippen LogP contribution in [-0.4, -0.2) is 18.5 Å². The Hall–Kier alpha value is -1.51. The molecule has 0 aliphatic rings. The molecule has 1 rings (SSSR count). The van der Waals surface area contributed by atoms with Crippen LogP contribution < -0.4 is 10.5 Å². The lowest BCUT2D eigenvalue weighted by molar-refractivity contribution is 0.411. The third kappa shape index (κ3) is 3.26. The zero-order chi connectivity index (χ0) is 12.3. The van der Waals surface area contributed by atoms with E-state index in [1.807, 2.05) is 45.9 Å². The van der Waals surface area contributed by atoms with E-state index in [0.29, 0.717) is 5.84 Å². The first kappa shape index (κ1) is 12.6. The highest BCUT2D eigenvalue weighted by atomic mass is 16.5. The Morgan fingerprint density at radius 2 is 1.94 bits per heavy atom. The van der Waals surface area contributed by atoms with Gasteiger partial charge in [0.2, 0.25) is 0 Å². The zero-order valence-corrected chi connectivity index (χ0v) is 10.7. The highest BCUT2D eigenvalue weighted by Gasteiger charge is 2.10. The van der Waals surface area contributed by atoms with Crippen molar-refractivity contribution in [2.24, 2.45) is 10.7 Å². The van der Waals surface area contributed by atoms with E-state index < -0.39 is 0 Å². The molecule has 1 aromatic rings. The molecule has 0 aliphatic carbocycles. The van der Waals surface area contributed by atoms with Crippen LogP contribution in [0.1, 0.15) is 31.9 Å². The van der Waals surface area contributed by atoms with E-state index in [1.54, 1.807) is 7.11 Å². The summed E-state index contributed by atoms with van der Waals surface area (Å²) < 4.78 is 5.20. The van der Waals surface area contributed by atoms with Crippen LogP contribution >= 0.6 is 0 Å². The van der Waals surface area contributed by atoms with Crippen LogP contribution in [0.15, 0.2) is 23.2 Å². The van der Waals surface area contributed by atoms with Crippen molar-refractivity contribution in [3.8, 4) is 5.75 Å². The fourth-order valence-corrected chi connectivity index (χ4v) is 1.46. The molecule has 0 amide bonds. The number of benzene rings is 1. The van der Waals surface area contributed by atoms with Crippen molar-refractivity contribution in [2.45, 2.75) is 33.2 Å². The summed E-state index contributed by atoms with van der Waals surface area (Å²) in [6, 6.07) is 5.83. The fraction of sp³-hybridized carbons (Fsp3) is 0.462. The van der Waals surface area contributed by atoms with Gasteiger partial charge in [0.15, 0.2) is 0 Å². The van der Waals surface area contributed by atoms with Gasteiger partial charge in [-0.3, -0.25) is 4.99 Å². The molecule has 0 heterocycles. The van der Waals surface area contributed by atoms with Gasteiger partial charge >= 0.3 is 0 Å². The van der Waals surface area contributed by atoms with Gasteiger partial charge in [0, 0.05) is 5.56 Å². The number of aliphatic imine (C=N–C) groups is 1. The van der Waals surface area contributed by atoms with Gasteiger partial charge in [-0.25, -0.2) is 0 Å². The summed E-state index contributed by atoms with van der Waals surface area (Å²) in [5.74, 6) is 1.44. The Morgan fingerprint density at radius 1 is 1.31 bits per heavy atom. The van der Waals surface area contributed by atoms with Crippen LogP contribution in [0.4, 0.5) is 0 Å². The number of hydrogen-bond donors (Lipinski definition) is 1. The van der Waals surface area contributed by atoms with Crippen LogP contribution in [-0.2, 0) is 0 Å². The summed E-state index contributed by atoms with van der Waals surface area (Å²) in [5.41, 5.74) is 7.80. The molecule has 0 atom stereocenters. The Bertz CT molecular complexity index is 403. The van der Waals surface area contributed by atoms with Gasteiger partial charge < -0.3 is 10.5 Å². The summed E-state index contributed by atoms with van der Waals surface area (Å²) in [7, 11) is 1.66. The van der Waals surface area contributed by atoms with E-state index in [2.05, 4.69) is 4.99 Å². The van der Waals surface area contributed by atoms with Crippen molar-refractivity contribution in [1.82, 2.24) is 0 Å². The zero-order valence-electron chi connectivity index (χ0n) is 10.7. The maximum Gasteiger partial charge on any atom is 0.126 e. The molecule has 1 aromatic carbocycles. The van der Waals surface area contributed by atoms with Crippen molar-refractivity contribution in [3.05, 3.63) is 29.3 Å². The molecular weight excluding hydrogens is 200 g/mol. The van der Waals surface area contributed by atoms with Gasteiger partial charge in [0.05, 0.1) is 12.6 Å². The Kier molecular flexibility index (Phi) is 3.58. The second kappa shape index (κ2) is 4.56. The Labute approximate surface area is 97.3 Å². The quantitative estimate of drug-likeness (QED) is 0.615. The third-order valence-electron chi connectivity index (χ3n) is 2.15. The number of rotatable bonds is 2. The van der Waals surface area contributed by atoms with E-state index in [-0.39, 0.29) is 5.54 Å². The molecule has 88 valence electrons. The first-order valence-electron chi connectivity index (χ1n) is 5.34. The average molecular weight is 220 g/mol. The Morgan fingerprint density at radius 3 is 2.38 bits per heavy atom. The molecule has 0 bridgehead atoms. The second-order valence-electron chi connectivity index (χ2n) is 4.85. The molecule has 16 heavy (non-hydrogen) atoms. The standard InChI is InChI=1S/C13H20N2O/c1-9-8-10(6-7-11(9)16-5)12(14)15-13(2,3)4/h6-8H,1-5H3,(H2,14,15). The van der Waals surface area contributed by atoms with Crippen molar-refractivity contribution < 1.29 is 4.74 Å². The van der Waals surface area contributed by atoms with Crippen molar-refractivity contribution in [3.63, 3.8) is 0 Å². The highest BCUT2D eigenvalue weighted by molar-refractivity contribution is 5.98. The van der Waals surface area contributed by atoms with Crippen LogP contribution in [0.25, 0.3) is 0 Å². The fourth-order valence-electron chi connectivity index (χ4n) is 1.46. The maximum absolute atomic E-state index is 5.95. The minimum Gasteiger partial charge on any atom is -0.496 e. The molecule has 0 fully saturated rings. The third-order valence-corrected chi connectivity index (χ3v) is 2.15.